The van der Waals surface area contributed by atoms with Gasteiger partial charge in [-0.1, -0.05) is 30.3 Å². The molecule has 0 saturated carbocycles. The fourth-order valence-electron chi connectivity index (χ4n) is 2.95. The third kappa shape index (κ3) is 4.01. The first-order valence-electron chi connectivity index (χ1n) is 8.99. The number of methoxy groups -OCH3 is 1. The van der Waals surface area contributed by atoms with Crippen molar-refractivity contribution in [3.63, 3.8) is 0 Å². The molecular weight excluding hydrogens is 360 g/mol. The minimum atomic E-state index is -1.11. The molecule has 8 nitrogen and oxygen atoms in total. The molecule has 0 aliphatic carbocycles. The molecule has 1 atom stereocenters. The van der Waals surface area contributed by atoms with Crippen LogP contribution in [0.25, 0.3) is 22.3 Å². The highest BCUT2D eigenvalue weighted by Gasteiger charge is 2.23. The predicted octanol–water partition coefficient (Wildman–Crippen LogP) is 2.34. The topological polar surface area (TPSA) is 106 Å². The lowest BCUT2D eigenvalue weighted by Gasteiger charge is -2.15. The van der Waals surface area contributed by atoms with Gasteiger partial charge >= 0.3 is 5.97 Å². The Morgan fingerprint density at radius 2 is 2.04 bits per heavy atom. The summed E-state index contributed by atoms with van der Waals surface area (Å²) in [5.74, 6) is -1.59. The lowest BCUT2D eigenvalue weighted by molar-refractivity contribution is -0.139. The second kappa shape index (κ2) is 8.62. The number of ether oxygens (including phenoxy) is 1. The molecule has 0 aliphatic heterocycles. The zero-order valence-electron chi connectivity index (χ0n) is 15.8. The van der Waals surface area contributed by atoms with Gasteiger partial charge in [0.25, 0.3) is 5.91 Å². The minimum absolute atomic E-state index is 0.172. The molecular formula is C20H22N4O4. The SMILES string of the molecule is CCn1ncc2c(C(=O)NC(CCOC)C(=O)O)cc(-c3ccccc3)nc21. The van der Waals surface area contributed by atoms with Crippen LogP contribution in [-0.4, -0.2) is 51.5 Å². The molecule has 0 fully saturated rings. The molecule has 2 heterocycles. The number of pyridine rings is 1. The number of hydrogen-bond acceptors (Lipinski definition) is 5. The van der Waals surface area contributed by atoms with E-state index in [2.05, 4.69) is 15.4 Å². The molecule has 8 heteroatoms. The average Bonchev–Trinajstić information content (AvgIpc) is 3.13. The van der Waals surface area contributed by atoms with E-state index in [-0.39, 0.29) is 13.0 Å². The fraction of sp³-hybridized carbons (Fsp3) is 0.300. The molecule has 3 rings (SSSR count). The van der Waals surface area contributed by atoms with Crippen LogP contribution in [0.2, 0.25) is 0 Å². The third-order valence-corrected chi connectivity index (χ3v) is 4.44. The summed E-state index contributed by atoms with van der Waals surface area (Å²) in [6.45, 7) is 2.77. The van der Waals surface area contributed by atoms with Crippen molar-refractivity contribution in [3.05, 3.63) is 48.2 Å². The van der Waals surface area contributed by atoms with Crippen LogP contribution in [0.15, 0.2) is 42.6 Å². The lowest BCUT2D eigenvalue weighted by atomic mass is 10.1. The molecule has 0 bridgehead atoms. The number of aliphatic carboxylic acids is 1. The Bertz CT molecular complexity index is 985. The zero-order chi connectivity index (χ0) is 20.1. The van der Waals surface area contributed by atoms with E-state index < -0.39 is 17.9 Å². The van der Waals surface area contributed by atoms with Gasteiger partial charge in [0, 0.05) is 32.2 Å². The van der Waals surface area contributed by atoms with E-state index in [1.54, 1.807) is 16.9 Å². The highest BCUT2D eigenvalue weighted by atomic mass is 16.5. The number of carbonyl (C=O) groups excluding carboxylic acids is 1. The normalized spacial score (nSPS) is 12.1. The maximum absolute atomic E-state index is 12.9. The summed E-state index contributed by atoms with van der Waals surface area (Å²) >= 11 is 0. The summed E-state index contributed by atoms with van der Waals surface area (Å²) in [6, 6.07) is 10.1. The second-order valence-electron chi connectivity index (χ2n) is 6.26. The van der Waals surface area contributed by atoms with Gasteiger partial charge in [-0.05, 0) is 13.0 Å². The maximum Gasteiger partial charge on any atom is 0.326 e. The Morgan fingerprint density at radius 1 is 1.29 bits per heavy atom. The quantitative estimate of drug-likeness (QED) is 0.619. The number of nitrogens with one attached hydrogen (secondary N) is 1. The van der Waals surface area contributed by atoms with E-state index in [1.165, 1.54) is 7.11 Å². The summed E-state index contributed by atoms with van der Waals surface area (Å²) < 4.78 is 6.64. The fourth-order valence-corrected chi connectivity index (χ4v) is 2.95. The van der Waals surface area contributed by atoms with Crippen LogP contribution in [0.3, 0.4) is 0 Å². The van der Waals surface area contributed by atoms with Crippen molar-refractivity contribution in [2.45, 2.75) is 25.9 Å². The number of fused-ring (bicyclic) bond motifs is 1. The van der Waals surface area contributed by atoms with Crippen LogP contribution in [0.5, 0.6) is 0 Å². The van der Waals surface area contributed by atoms with E-state index >= 15 is 0 Å². The van der Waals surface area contributed by atoms with Crippen molar-refractivity contribution in [3.8, 4) is 11.3 Å². The van der Waals surface area contributed by atoms with Crippen molar-refractivity contribution in [1.82, 2.24) is 20.1 Å². The number of benzene rings is 1. The van der Waals surface area contributed by atoms with Crippen molar-refractivity contribution >= 4 is 22.9 Å². The number of amides is 1. The number of carbonyl (C=O) groups is 2. The first-order chi connectivity index (χ1) is 13.5. The van der Waals surface area contributed by atoms with E-state index in [1.807, 2.05) is 37.3 Å². The minimum Gasteiger partial charge on any atom is -0.480 e. The van der Waals surface area contributed by atoms with Crippen molar-refractivity contribution in [1.29, 1.82) is 0 Å². The molecule has 2 aromatic heterocycles. The number of hydrogen-bond donors (Lipinski definition) is 2. The van der Waals surface area contributed by atoms with Gasteiger partial charge in [-0.2, -0.15) is 5.10 Å². The Kier molecular flexibility index (Phi) is 6.00. The highest BCUT2D eigenvalue weighted by Crippen LogP contribution is 2.25. The summed E-state index contributed by atoms with van der Waals surface area (Å²) in [6.07, 6.45) is 1.76. The monoisotopic (exact) mass is 382 g/mol. The van der Waals surface area contributed by atoms with Gasteiger partial charge in [0.2, 0.25) is 0 Å². The van der Waals surface area contributed by atoms with Gasteiger partial charge in [-0.15, -0.1) is 0 Å². The molecule has 1 aromatic carbocycles. The summed E-state index contributed by atoms with van der Waals surface area (Å²) in [7, 11) is 1.48. The van der Waals surface area contributed by atoms with E-state index in [9.17, 15) is 14.7 Å². The summed E-state index contributed by atoms with van der Waals surface area (Å²) in [5, 5.41) is 16.8. The first-order valence-corrected chi connectivity index (χ1v) is 8.99. The summed E-state index contributed by atoms with van der Waals surface area (Å²) in [5.41, 5.74) is 2.40. The molecule has 0 radical (unpaired) electrons. The lowest BCUT2D eigenvalue weighted by Crippen LogP contribution is -2.41. The molecule has 3 aromatic rings. The number of aromatic nitrogens is 3. The van der Waals surface area contributed by atoms with Crippen LogP contribution in [0.4, 0.5) is 0 Å². The number of rotatable bonds is 8. The first kappa shape index (κ1) is 19.5. The van der Waals surface area contributed by atoms with Crippen LogP contribution in [0.1, 0.15) is 23.7 Å². The molecule has 1 amide bonds. The van der Waals surface area contributed by atoms with Gasteiger partial charge < -0.3 is 15.2 Å². The molecule has 0 spiro atoms. The zero-order valence-corrected chi connectivity index (χ0v) is 15.8. The Hall–Kier alpha value is -3.26. The largest absolute Gasteiger partial charge is 0.480 e. The van der Waals surface area contributed by atoms with Crippen LogP contribution in [0, 0.1) is 0 Å². The van der Waals surface area contributed by atoms with Crippen LogP contribution >= 0.6 is 0 Å². The standard InChI is InChI=1S/C20H22N4O4/c1-3-24-18-15(12-21-24)14(11-17(22-18)13-7-5-4-6-8-13)19(25)23-16(20(26)27)9-10-28-2/h4-8,11-12,16H,3,9-10H2,1-2H3,(H,23,25)(H,26,27). The average molecular weight is 382 g/mol. The van der Waals surface area contributed by atoms with Crippen molar-refractivity contribution in [2.75, 3.05) is 13.7 Å². The van der Waals surface area contributed by atoms with Gasteiger partial charge in [0.15, 0.2) is 5.65 Å². The number of aryl methyl sites for hydroxylation is 1. The molecule has 28 heavy (non-hydrogen) atoms. The molecule has 1 unspecified atom stereocenters. The van der Waals surface area contributed by atoms with Gasteiger partial charge in [-0.3, -0.25) is 4.79 Å². The second-order valence-corrected chi connectivity index (χ2v) is 6.26. The third-order valence-electron chi connectivity index (χ3n) is 4.44. The Balaban J connectivity index is 2.04. The number of nitrogens with zero attached hydrogens (tertiary/aromatic N) is 3. The molecule has 0 aliphatic rings. The number of carboxylic acids is 1. The van der Waals surface area contributed by atoms with Gasteiger partial charge in [-0.25, -0.2) is 14.5 Å². The molecule has 0 saturated heterocycles. The van der Waals surface area contributed by atoms with E-state index in [4.69, 9.17) is 4.74 Å². The number of carboxylic acid groups (broad SMARTS) is 1. The maximum atomic E-state index is 12.9. The van der Waals surface area contributed by atoms with Crippen molar-refractivity contribution < 1.29 is 19.4 Å². The predicted molar refractivity (Wildman–Crippen MR) is 104 cm³/mol. The molecule has 2 N–H and O–H groups in total. The van der Waals surface area contributed by atoms with E-state index in [0.717, 1.165) is 5.56 Å². The summed E-state index contributed by atoms with van der Waals surface area (Å²) in [4.78, 5) is 29.1. The van der Waals surface area contributed by atoms with Gasteiger partial charge in [0.1, 0.15) is 6.04 Å². The van der Waals surface area contributed by atoms with Crippen LogP contribution < -0.4 is 5.32 Å². The van der Waals surface area contributed by atoms with Crippen LogP contribution in [-0.2, 0) is 16.1 Å². The Labute approximate surface area is 162 Å². The highest BCUT2D eigenvalue weighted by molar-refractivity contribution is 6.07. The van der Waals surface area contributed by atoms with Gasteiger partial charge in [0.05, 0.1) is 22.8 Å². The van der Waals surface area contributed by atoms with E-state index in [0.29, 0.717) is 28.8 Å². The smallest absolute Gasteiger partial charge is 0.326 e. The Morgan fingerprint density at radius 3 is 2.68 bits per heavy atom. The van der Waals surface area contributed by atoms with Crippen molar-refractivity contribution in [2.24, 2.45) is 0 Å². The molecule has 146 valence electrons.